The van der Waals surface area contributed by atoms with Gasteiger partial charge in [0.05, 0.1) is 18.1 Å². The molecular formula is C19H30BrIN4O2. The predicted octanol–water partition coefficient (Wildman–Crippen LogP) is 3.39. The van der Waals surface area contributed by atoms with Gasteiger partial charge in [-0.3, -0.25) is 4.79 Å². The highest BCUT2D eigenvalue weighted by Crippen LogP contribution is 2.25. The van der Waals surface area contributed by atoms with Crippen molar-refractivity contribution in [2.45, 2.75) is 39.8 Å². The number of amides is 1. The zero-order valence-corrected chi connectivity index (χ0v) is 20.3. The molecular weight excluding hydrogens is 523 g/mol. The van der Waals surface area contributed by atoms with Crippen molar-refractivity contribution in [2.24, 2.45) is 10.9 Å². The van der Waals surface area contributed by atoms with Crippen molar-refractivity contribution in [3.05, 3.63) is 28.2 Å². The zero-order valence-electron chi connectivity index (χ0n) is 16.4. The predicted molar refractivity (Wildman–Crippen MR) is 124 cm³/mol. The van der Waals surface area contributed by atoms with Crippen LogP contribution in [-0.4, -0.2) is 49.6 Å². The van der Waals surface area contributed by atoms with Crippen LogP contribution in [0.25, 0.3) is 0 Å². The monoisotopic (exact) mass is 552 g/mol. The average molecular weight is 553 g/mol. The lowest BCUT2D eigenvalue weighted by atomic mass is 10.2. The Morgan fingerprint density at radius 2 is 2.19 bits per heavy atom. The van der Waals surface area contributed by atoms with Gasteiger partial charge in [0, 0.05) is 31.6 Å². The molecule has 1 unspecified atom stereocenters. The highest BCUT2D eigenvalue weighted by molar-refractivity contribution is 14.0. The Labute approximate surface area is 187 Å². The Morgan fingerprint density at radius 3 is 2.78 bits per heavy atom. The third-order valence-corrected chi connectivity index (χ3v) is 4.93. The number of hydrogen-bond donors (Lipinski definition) is 2. The number of rotatable bonds is 6. The third kappa shape index (κ3) is 7.14. The molecule has 27 heavy (non-hydrogen) atoms. The van der Waals surface area contributed by atoms with E-state index in [0.717, 1.165) is 47.8 Å². The van der Waals surface area contributed by atoms with Gasteiger partial charge in [0.15, 0.2) is 5.96 Å². The van der Waals surface area contributed by atoms with Gasteiger partial charge in [-0.25, -0.2) is 4.99 Å². The summed E-state index contributed by atoms with van der Waals surface area (Å²) in [6.07, 6.45) is 0.941. The van der Waals surface area contributed by atoms with Gasteiger partial charge in [-0.2, -0.15) is 0 Å². The number of nitrogens with zero attached hydrogens (tertiary/aromatic N) is 2. The number of guanidine groups is 1. The SMILES string of the molecule is CCNC(=NCc1ccc(OC)c(Br)c1)NC1CCN(C(=O)C(C)C)C1.I. The van der Waals surface area contributed by atoms with E-state index in [1.165, 1.54) is 0 Å². The number of benzene rings is 1. The number of aliphatic imine (C=N–C) groups is 1. The number of likely N-dealkylation sites (tertiary alicyclic amines) is 1. The lowest BCUT2D eigenvalue weighted by Gasteiger charge is -2.20. The molecule has 6 nitrogen and oxygen atoms in total. The van der Waals surface area contributed by atoms with E-state index >= 15 is 0 Å². The van der Waals surface area contributed by atoms with Crippen LogP contribution in [0.5, 0.6) is 5.75 Å². The Morgan fingerprint density at radius 1 is 1.44 bits per heavy atom. The summed E-state index contributed by atoms with van der Waals surface area (Å²) in [5.41, 5.74) is 1.10. The summed E-state index contributed by atoms with van der Waals surface area (Å²) in [4.78, 5) is 18.7. The van der Waals surface area contributed by atoms with E-state index in [4.69, 9.17) is 4.74 Å². The van der Waals surface area contributed by atoms with E-state index in [1.807, 2.05) is 43.9 Å². The van der Waals surface area contributed by atoms with E-state index in [2.05, 4.69) is 31.6 Å². The minimum absolute atomic E-state index is 0. The van der Waals surface area contributed by atoms with Crippen LogP contribution < -0.4 is 15.4 Å². The Kier molecular flexibility index (Phi) is 10.4. The number of nitrogens with one attached hydrogen (secondary N) is 2. The molecule has 1 aromatic carbocycles. The van der Waals surface area contributed by atoms with Crippen molar-refractivity contribution in [3.63, 3.8) is 0 Å². The molecule has 0 saturated carbocycles. The highest BCUT2D eigenvalue weighted by atomic mass is 127. The standard InChI is InChI=1S/C19H29BrN4O2.HI/c1-5-21-19(22-11-14-6-7-17(26-4)16(20)10-14)23-15-8-9-24(12-15)18(25)13(2)3;/h6-7,10,13,15H,5,8-9,11-12H2,1-4H3,(H2,21,22,23);1H. The van der Waals surface area contributed by atoms with Gasteiger partial charge >= 0.3 is 0 Å². The second-order valence-corrected chi connectivity index (χ2v) is 7.59. The second-order valence-electron chi connectivity index (χ2n) is 6.73. The van der Waals surface area contributed by atoms with Crippen molar-refractivity contribution in [3.8, 4) is 5.75 Å². The van der Waals surface area contributed by atoms with Crippen LogP contribution in [0.2, 0.25) is 0 Å². The minimum Gasteiger partial charge on any atom is -0.496 e. The van der Waals surface area contributed by atoms with E-state index in [1.54, 1.807) is 7.11 Å². The Bertz CT molecular complexity index is 655. The molecule has 1 saturated heterocycles. The van der Waals surface area contributed by atoms with Gasteiger partial charge in [-0.05, 0) is 47.0 Å². The van der Waals surface area contributed by atoms with Crippen molar-refractivity contribution >= 4 is 51.8 Å². The molecule has 0 radical (unpaired) electrons. The molecule has 8 heteroatoms. The molecule has 1 aliphatic heterocycles. The molecule has 1 heterocycles. The summed E-state index contributed by atoms with van der Waals surface area (Å²) in [5, 5.41) is 6.74. The van der Waals surface area contributed by atoms with E-state index in [-0.39, 0.29) is 41.8 Å². The minimum atomic E-state index is 0. The van der Waals surface area contributed by atoms with Gasteiger partial charge < -0.3 is 20.3 Å². The zero-order chi connectivity index (χ0) is 19.1. The summed E-state index contributed by atoms with van der Waals surface area (Å²) >= 11 is 3.51. The van der Waals surface area contributed by atoms with Crippen LogP contribution in [0, 0.1) is 5.92 Å². The summed E-state index contributed by atoms with van der Waals surface area (Å²) in [6, 6.07) is 6.19. The number of hydrogen-bond acceptors (Lipinski definition) is 3. The third-order valence-electron chi connectivity index (χ3n) is 4.31. The number of carbonyl (C=O) groups is 1. The molecule has 1 aliphatic rings. The summed E-state index contributed by atoms with van der Waals surface area (Å²) in [5.74, 6) is 1.86. The molecule has 2 rings (SSSR count). The highest BCUT2D eigenvalue weighted by Gasteiger charge is 2.27. The lowest BCUT2D eigenvalue weighted by molar-refractivity contribution is -0.133. The van der Waals surface area contributed by atoms with Crippen LogP contribution >= 0.6 is 39.9 Å². The van der Waals surface area contributed by atoms with Gasteiger partial charge in [-0.1, -0.05) is 19.9 Å². The molecule has 2 N–H and O–H groups in total. The fourth-order valence-corrected chi connectivity index (χ4v) is 3.52. The quantitative estimate of drug-likeness (QED) is 0.322. The first-order valence-electron chi connectivity index (χ1n) is 9.10. The van der Waals surface area contributed by atoms with Gasteiger partial charge in [0.1, 0.15) is 5.75 Å². The van der Waals surface area contributed by atoms with Crippen LogP contribution in [0.1, 0.15) is 32.8 Å². The number of carbonyl (C=O) groups excluding carboxylic acids is 1. The molecule has 0 aliphatic carbocycles. The summed E-state index contributed by atoms with van der Waals surface area (Å²) < 4.78 is 6.18. The van der Waals surface area contributed by atoms with E-state index < -0.39 is 0 Å². The van der Waals surface area contributed by atoms with E-state index in [0.29, 0.717) is 6.54 Å². The molecule has 0 bridgehead atoms. The second kappa shape index (κ2) is 11.7. The summed E-state index contributed by atoms with van der Waals surface area (Å²) in [6.45, 7) is 8.83. The number of ether oxygens (including phenoxy) is 1. The molecule has 0 spiro atoms. The van der Waals surface area contributed by atoms with Crippen LogP contribution in [0.3, 0.4) is 0 Å². The maximum absolute atomic E-state index is 12.1. The molecule has 0 aromatic heterocycles. The van der Waals surface area contributed by atoms with Gasteiger partial charge in [0.2, 0.25) is 5.91 Å². The fraction of sp³-hybridized carbons (Fsp3) is 0.579. The van der Waals surface area contributed by atoms with Crippen molar-refractivity contribution in [2.75, 3.05) is 26.7 Å². The smallest absolute Gasteiger partial charge is 0.225 e. The van der Waals surface area contributed by atoms with Gasteiger partial charge in [0.25, 0.3) is 0 Å². The molecule has 1 amide bonds. The van der Waals surface area contributed by atoms with Crippen molar-refractivity contribution < 1.29 is 9.53 Å². The molecule has 152 valence electrons. The average Bonchev–Trinajstić information content (AvgIpc) is 3.07. The molecule has 1 fully saturated rings. The Hall–Kier alpha value is -1.03. The first-order valence-corrected chi connectivity index (χ1v) is 9.90. The molecule has 1 aromatic rings. The Balaban J connectivity index is 0.00000364. The van der Waals surface area contributed by atoms with Crippen LogP contribution in [0.4, 0.5) is 0 Å². The van der Waals surface area contributed by atoms with E-state index in [9.17, 15) is 4.79 Å². The van der Waals surface area contributed by atoms with Crippen LogP contribution in [0.15, 0.2) is 27.7 Å². The van der Waals surface area contributed by atoms with Crippen molar-refractivity contribution in [1.29, 1.82) is 0 Å². The fourth-order valence-electron chi connectivity index (χ4n) is 2.94. The van der Waals surface area contributed by atoms with Crippen LogP contribution in [-0.2, 0) is 11.3 Å². The largest absolute Gasteiger partial charge is 0.496 e. The number of methoxy groups -OCH3 is 1. The maximum atomic E-state index is 12.1. The van der Waals surface area contributed by atoms with Crippen molar-refractivity contribution in [1.82, 2.24) is 15.5 Å². The molecule has 1 atom stereocenters. The topological polar surface area (TPSA) is 66.0 Å². The summed E-state index contributed by atoms with van der Waals surface area (Å²) in [7, 11) is 1.65. The normalized spacial score (nSPS) is 16.9. The first kappa shape index (κ1) is 24.0. The first-order chi connectivity index (χ1) is 12.4. The maximum Gasteiger partial charge on any atom is 0.225 e. The van der Waals surface area contributed by atoms with Gasteiger partial charge in [-0.15, -0.1) is 24.0 Å². The lowest BCUT2D eigenvalue weighted by Crippen LogP contribution is -2.45. The number of halogens is 2.